The number of benzene rings is 1. The molecule has 0 bridgehead atoms. The summed E-state index contributed by atoms with van der Waals surface area (Å²) in [6, 6.07) is 4.33. The van der Waals surface area contributed by atoms with E-state index < -0.39 is 11.6 Å². The Morgan fingerprint density at radius 1 is 1.13 bits per heavy atom. The summed E-state index contributed by atoms with van der Waals surface area (Å²) in [7, 11) is 0. The highest BCUT2D eigenvalue weighted by Crippen LogP contribution is 2.20. The molecule has 1 saturated heterocycles. The Morgan fingerprint density at radius 3 is 2.53 bits per heavy atom. The van der Waals surface area contributed by atoms with Gasteiger partial charge in [0, 0.05) is 25.2 Å². The molecule has 1 aliphatic rings. The van der Waals surface area contributed by atoms with Gasteiger partial charge in [0.25, 0.3) is 0 Å². The highest BCUT2D eigenvalue weighted by atomic mass is 19.2. The van der Waals surface area contributed by atoms with Crippen molar-refractivity contribution >= 4 is 0 Å². The van der Waals surface area contributed by atoms with Crippen molar-refractivity contribution in [1.29, 1.82) is 0 Å². The molecule has 0 aromatic heterocycles. The molecule has 2 N–H and O–H groups in total. The van der Waals surface area contributed by atoms with Crippen LogP contribution in [0.3, 0.4) is 0 Å². The fourth-order valence-electron chi connectivity index (χ4n) is 1.93. The van der Waals surface area contributed by atoms with E-state index in [9.17, 15) is 8.78 Å². The third-order valence-electron chi connectivity index (χ3n) is 2.76. The van der Waals surface area contributed by atoms with Gasteiger partial charge in [-0.25, -0.2) is 8.78 Å². The smallest absolute Gasteiger partial charge is 0.159 e. The first-order chi connectivity index (χ1) is 7.18. The highest BCUT2D eigenvalue weighted by Gasteiger charge is 2.22. The molecule has 1 aromatic carbocycles. The fourth-order valence-corrected chi connectivity index (χ4v) is 1.93. The zero-order valence-corrected chi connectivity index (χ0v) is 8.56. The summed E-state index contributed by atoms with van der Waals surface area (Å²) >= 11 is 0. The van der Waals surface area contributed by atoms with E-state index in [4.69, 9.17) is 0 Å². The number of halogens is 2. The molecule has 15 heavy (non-hydrogen) atoms. The van der Waals surface area contributed by atoms with Gasteiger partial charge in [0.1, 0.15) is 0 Å². The molecule has 82 valence electrons. The predicted octanol–water partition coefficient (Wildman–Crippen LogP) is 1.59. The molecule has 0 amide bonds. The Kier molecular flexibility index (Phi) is 2.98. The van der Waals surface area contributed by atoms with Gasteiger partial charge in [0.2, 0.25) is 0 Å². The summed E-state index contributed by atoms with van der Waals surface area (Å²) in [4.78, 5) is 0. The third kappa shape index (κ3) is 2.16. The maximum atomic E-state index is 13.0. The maximum Gasteiger partial charge on any atom is 0.159 e. The second-order valence-corrected chi connectivity index (χ2v) is 3.85. The molecule has 2 rings (SSSR count). The van der Waals surface area contributed by atoms with Gasteiger partial charge in [-0.3, -0.25) is 0 Å². The van der Waals surface area contributed by atoms with Gasteiger partial charge in [-0.1, -0.05) is 6.07 Å². The molecule has 0 radical (unpaired) electrons. The van der Waals surface area contributed by atoms with E-state index in [2.05, 4.69) is 10.6 Å². The summed E-state index contributed by atoms with van der Waals surface area (Å²) in [5.74, 6) is -1.58. The maximum absolute atomic E-state index is 13.0. The number of hydrogen-bond acceptors (Lipinski definition) is 2. The molecule has 4 heteroatoms. The topological polar surface area (TPSA) is 24.1 Å². The summed E-state index contributed by atoms with van der Waals surface area (Å²) in [6.07, 6.45) is 0. The molecule has 0 spiro atoms. The minimum Gasteiger partial charge on any atom is -0.311 e. The quantitative estimate of drug-likeness (QED) is 0.738. The molecule has 1 fully saturated rings. The van der Waals surface area contributed by atoms with Gasteiger partial charge >= 0.3 is 0 Å². The van der Waals surface area contributed by atoms with Crippen molar-refractivity contribution in [2.45, 2.75) is 19.0 Å². The molecular weight excluding hydrogens is 198 g/mol. The molecule has 2 nitrogen and oxygen atoms in total. The molecule has 1 heterocycles. The lowest BCUT2D eigenvalue weighted by Gasteiger charge is -2.31. The van der Waals surface area contributed by atoms with Gasteiger partial charge in [-0.05, 0) is 24.6 Å². The van der Waals surface area contributed by atoms with Gasteiger partial charge in [0.05, 0.1) is 0 Å². The van der Waals surface area contributed by atoms with E-state index >= 15 is 0 Å². The molecule has 0 aliphatic carbocycles. The van der Waals surface area contributed by atoms with Crippen molar-refractivity contribution in [2.24, 2.45) is 0 Å². The van der Waals surface area contributed by atoms with Crippen LogP contribution in [0.4, 0.5) is 8.78 Å². The normalized spacial score (nSPS) is 26.6. The second-order valence-electron chi connectivity index (χ2n) is 3.85. The zero-order valence-electron chi connectivity index (χ0n) is 8.56. The predicted molar refractivity (Wildman–Crippen MR) is 54.6 cm³/mol. The van der Waals surface area contributed by atoms with Gasteiger partial charge in [0.15, 0.2) is 11.6 Å². The van der Waals surface area contributed by atoms with Crippen LogP contribution in [0.2, 0.25) is 0 Å². The average molecular weight is 212 g/mol. The molecule has 2 unspecified atom stereocenters. The van der Waals surface area contributed by atoms with E-state index in [1.54, 1.807) is 6.07 Å². The fraction of sp³-hybridized carbons (Fsp3) is 0.455. The Morgan fingerprint density at radius 2 is 1.87 bits per heavy atom. The summed E-state index contributed by atoms with van der Waals surface area (Å²) in [5.41, 5.74) is 0.786. The van der Waals surface area contributed by atoms with E-state index in [1.807, 2.05) is 6.92 Å². The molecule has 0 saturated carbocycles. The Hall–Kier alpha value is -1.00. The monoisotopic (exact) mass is 212 g/mol. The highest BCUT2D eigenvalue weighted by molar-refractivity contribution is 5.23. The lowest BCUT2D eigenvalue weighted by atomic mass is 9.98. The van der Waals surface area contributed by atoms with Crippen molar-refractivity contribution in [3.05, 3.63) is 35.4 Å². The van der Waals surface area contributed by atoms with Crippen LogP contribution in [0.1, 0.15) is 18.5 Å². The first kappa shape index (κ1) is 10.5. The van der Waals surface area contributed by atoms with E-state index in [1.165, 1.54) is 12.1 Å². The number of rotatable bonds is 1. The van der Waals surface area contributed by atoms with Crippen LogP contribution in [-0.4, -0.2) is 19.1 Å². The van der Waals surface area contributed by atoms with Crippen molar-refractivity contribution in [3.63, 3.8) is 0 Å². The molecule has 1 aromatic rings. The Balaban J connectivity index is 2.24. The minimum atomic E-state index is -0.796. The van der Waals surface area contributed by atoms with Crippen LogP contribution in [0, 0.1) is 11.6 Å². The van der Waals surface area contributed by atoms with Crippen molar-refractivity contribution in [3.8, 4) is 0 Å². The SMILES string of the molecule is CC1NCCNC1c1ccc(F)c(F)c1. The van der Waals surface area contributed by atoms with Crippen molar-refractivity contribution in [2.75, 3.05) is 13.1 Å². The summed E-state index contributed by atoms with van der Waals surface area (Å²) in [5, 5.41) is 6.57. The minimum absolute atomic E-state index is 0.0499. The van der Waals surface area contributed by atoms with Crippen LogP contribution in [0.25, 0.3) is 0 Å². The Labute approximate surface area is 87.7 Å². The van der Waals surface area contributed by atoms with Crippen LogP contribution < -0.4 is 10.6 Å². The summed E-state index contributed by atoms with van der Waals surface area (Å²) in [6.45, 7) is 3.77. The van der Waals surface area contributed by atoms with E-state index in [0.29, 0.717) is 0 Å². The number of nitrogens with one attached hydrogen (secondary N) is 2. The lowest BCUT2D eigenvalue weighted by Crippen LogP contribution is -2.49. The lowest BCUT2D eigenvalue weighted by molar-refractivity contribution is 0.344. The first-order valence-corrected chi connectivity index (χ1v) is 5.10. The van der Waals surface area contributed by atoms with E-state index in [0.717, 1.165) is 18.7 Å². The molecular formula is C11H14F2N2. The molecule has 1 aliphatic heterocycles. The first-order valence-electron chi connectivity index (χ1n) is 5.10. The largest absolute Gasteiger partial charge is 0.311 e. The van der Waals surface area contributed by atoms with Gasteiger partial charge in [-0.15, -0.1) is 0 Å². The Bertz CT molecular complexity index is 354. The van der Waals surface area contributed by atoms with Gasteiger partial charge in [-0.2, -0.15) is 0 Å². The van der Waals surface area contributed by atoms with Crippen LogP contribution >= 0.6 is 0 Å². The third-order valence-corrected chi connectivity index (χ3v) is 2.76. The van der Waals surface area contributed by atoms with E-state index in [-0.39, 0.29) is 12.1 Å². The van der Waals surface area contributed by atoms with Crippen molar-refractivity contribution in [1.82, 2.24) is 10.6 Å². The number of piperazine rings is 1. The summed E-state index contributed by atoms with van der Waals surface area (Å²) < 4.78 is 25.8. The zero-order chi connectivity index (χ0) is 10.8. The molecule has 2 atom stereocenters. The van der Waals surface area contributed by atoms with Gasteiger partial charge < -0.3 is 10.6 Å². The van der Waals surface area contributed by atoms with Crippen LogP contribution in [-0.2, 0) is 0 Å². The second kappa shape index (κ2) is 4.24. The van der Waals surface area contributed by atoms with Crippen molar-refractivity contribution < 1.29 is 8.78 Å². The van der Waals surface area contributed by atoms with Crippen LogP contribution in [0.5, 0.6) is 0 Å². The standard InChI is InChI=1S/C11H14F2N2/c1-7-11(15-5-4-14-7)8-2-3-9(12)10(13)6-8/h2-3,6-7,11,14-15H,4-5H2,1H3. The average Bonchev–Trinajstić information content (AvgIpc) is 2.23. The van der Waals surface area contributed by atoms with Crippen LogP contribution in [0.15, 0.2) is 18.2 Å². The number of hydrogen-bond donors (Lipinski definition) is 2.